The summed E-state index contributed by atoms with van der Waals surface area (Å²) < 4.78 is 16.4. The van der Waals surface area contributed by atoms with E-state index in [1.54, 1.807) is 56.0 Å². The Morgan fingerprint density at radius 2 is 1.94 bits per heavy atom. The second-order valence-electron chi connectivity index (χ2n) is 8.05. The predicted molar refractivity (Wildman–Crippen MR) is 125 cm³/mol. The summed E-state index contributed by atoms with van der Waals surface area (Å²) in [6, 6.07) is 7.09. The molecule has 0 saturated heterocycles. The molecule has 0 bridgehead atoms. The topological polar surface area (TPSA) is 77.0 Å². The lowest BCUT2D eigenvalue weighted by Crippen LogP contribution is -2.34. The molecule has 3 heterocycles. The van der Waals surface area contributed by atoms with Crippen LogP contribution < -0.4 is 9.47 Å². The van der Waals surface area contributed by atoms with E-state index in [4.69, 9.17) is 14.2 Å². The SMILES string of the molecule is COCC1=COc2cc(OC)ccc2C(=O)N1CCCCN1CCC=C(c2ncccn2)C1. The maximum atomic E-state index is 13.3. The highest BCUT2D eigenvalue weighted by atomic mass is 16.5. The molecule has 0 saturated carbocycles. The maximum Gasteiger partial charge on any atom is 0.261 e. The third-order valence-electron chi connectivity index (χ3n) is 5.81. The molecular weight excluding hydrogens is 420 g/mol. The molecule has 0 unspecified atom stereocenters. The van der Waals surface area contributed by atoms with Crippen molar-refractivity contribution in [1.82, 2.24) is 19.8 Å². The van der Waals surface area contributed by atoms with Gasteiger partial charge in [-0.1, -0.05) is 6.08 Å². The highest BCUT2D eigenvalue weighted by Crippen LogP contribution is 2.30. The van der Waals surface area contributed by atoms with E-state index in [1.165, 1.54) is 5.57 Å². The molecule has 174 valence electrons. The van der Waals surface area contributed by atoms with Gasteiger partial charge < -0.3 is 19.1 Å². The molecular formula is C25H30N4O4. The zero-order valence-corrected chi connectivity index (χ0v) is 19.2. The highest BCUT2D eigenvalue weighted by molar-refractivity contribution is 5.98. The van der Waals surface area contributed by atoms with E-state index in [1.807, 2.05) is 6.07 Å². The number of nitrogens with zero attached hydrogens (tertiary/aromatic N) is 4. The number of ether oxygens (including phenoxy) is 3. The second kappa shape index (κ2) is 11.1. The quantitative estimate of drug-likeness (QED) is 0.542. The third kappa shape index (κ3) is 5.58. The number of fused-ring (bicyclic) bond motifs is 1. The zero-order valence-electron chi connectivity index (χ0n) is 19.2. The van der Waals surface area contributed by atoms with E-state index in [0.717, 1.165) is 44.7 Å². The fourth-order valence-corrected chi connectivity index (χ4v) is 4.11. The van der Waals surface area contributed by atoms with Gasteiger partial charge in [-0.05, 0) is 44.0 Å². The lowest BCUT2D eigenvalue weighted by atomic mass is 10.1. The minimum atomic E-state index is -0.0853. The fourth-order valence-electron chi connectivity index (χ4n) is 4.11. The molecule has 8 heteroatoms. The molecule has 2 aromatic rings. The van der Waals surface area contributed by atoms with Gasteiger partial charge in [0.05, 0.1) is 25.0 Å². The molecule has 1 amide bonds. The van der Waals surface area contributed by atoms with Crippen molar-refractivity contribution in [3.05, 3.63) is 66.1 Å². The van der Waals surface area contributed by atoms with Gasteiger partial charge in [0, 0.05) is 50.8 Å². The van der Waals surface area contributed by atoms with Crippen LogP contribution in [0.1, 0.15) is 35.4 Å². The molecule has 0 radical (unpaired) electrons. The lowest BCUT2D eigenvalue weighted by Gasteiger charge is -2.27. The second-order valence-corrected chi connectivity index (χ2v) is 8.05. The Labute approximate surface area is 194 Å². The van der Waals surface area contributed by atoms with Gasteiger partial charge in [0.1, 0.15) is 17.8 Å². The Hall–Kier alpha value is -3.23. The van der Waals surface area contributed by atoms with Crippen molar-refractivity contribution in [3.8, 4) is 11.5 Å². The molecule has 0 fully saturated rings. The first-order chi connectivity index (χ1) is 16.2. The van der Waals surface area contributed by atoms with Crippen LogP contribution >= 0.6 is 0 Å². The minimum absolute atomic E-state index is 0.0853. The highest BCUT2D eigenvalue weighted by Gasteiger charge is 2.26. The third-order valence-corrected chi connectivity index (χ3v) is 5.81. The summed E-state index contributed by atoms with van der Waals surface area (Å²) in [5.41, 5.74) is 2.41. The predicted octanol–water partition coefficient (Wildman–Crippen LogP) is 3.38. The van der Waals surface area contributed by atoms with Crippen LogP contribution in [0.15, 0.2) is 54.7 Å². The van der Waals surface area contributed by atoms with Gasteiger partial charge in [0.15, 0.2) is 5.82 Å². The van der Waals surface area contributed by atoms with Crippen LogP contribution in [0.3, 0.4) is 0 Å². The van der Waals surface area contributed by atoms with E-state index < -0.39 is 0 Å². The monoisotopic (exact) mass is 450 g/mol. The first-order valence-electron chi connectivity index (χ1n) is 11.2. The van der Waals surface area contributed by atoms with E-state index in [9.17, 15) is 4.79 Å². The molecule has 1 aromatic carbocycles. The van der Waals surface area contributed by atoms with Gasteiger partial charge >= 0.3 is 0 Å². The van der Waals surface area contributed by atoms with Crippen molar-refractivity contribution in [2.24, 2.45) is 0 Å². The standard InChI is InChI=1S/C25H30N4O4/c1-31-17-20-18-33-23-15-21(32-2)8-9-22(23)25(30)29(20)14-4-3-12-28-13-5-7-19(16-28)24-26-10-6-11-27-24/h6-11,15,18H,3-5,12-14,16-17H2,1-2H3. The Morgan fingerprint density at radius 3 is 2.73 bits per heavy atom. The van der Waals surface area contributed by atoms with Crippen LogP contribution in [0.2, 0.25) is 0 Å². The number of hydrogen-bond acceptors (Lipinski definition) is 7. The summed E-state index contributed by atoms with van der Waals surface area (Å²) in [5.74, 6) is 1.86. The minimum Gasteiger partial charge on any atom is -0.497 e. The molecule has 0 N–H and O–H groups in total. The Morgan fingerprint density at radius 1 is 1.12 bits per heavy atom. The molecule has 0 atom stereocenters. The van der Waals surface area contributed by atoms with E-state index in [-0.39, 0.29) is 5.91 Å². The van der Waals surface area contributed by atoms with Gasteiger partial charge in [0.25, 0.3) is 5.91 Å². The van der Waals surface area contributed by atoms with Gasteiger partial charge in [0.2, 0.25) is 0 Å². The fraction of sp³-hybridized carbons (Fsp3) is 0.400. The Bertz CT molecular complexity index is 1020. The average Bonchev–Trinajstić information content (AvgIpc) is 2.99. The molecule has 8 nitrogen and oxygen atoms in total. The van der Waals surface area contributed by atoms with Crippen molar-refractivity contribution >= 4 is 11.5 Å². The van der Waals surface area contributed by atoms with Crippen molar-refractivity contribution in [2.45, 2.75) is 19.3 Å². The summed E-state index contributed by atoms with van der Waals surface area (Å²) in [6.07, 6.45) is 10.2. The number of amides is 1. The normalized spacial score (nSPS) is 16.4. The molecule has 2 aliphatic rings. The molecule has 4 rings (SSSR count). The Kier molecular flexibility index (Phi) is 7.70. The molecule has 2 aliphatic heterocycles. The smallest absolute Gasteiger partial charge is 0.261 e. The summed E-state index contributed by atoms with van der Waals surface area (Å²) >= 11 is 0. The number of aromatic nitrogens is 2. The zero-order chi connectivity index (χ0) is 23.0. The van der Waals surface area contributed by atoms with Crippen molar-refractivity contribution < 1.29 is 19.0 Å². The van der Waals surface area contributed by atoms with E-state index in [0.29, 0.717) is 35.9 Å². The number of rotatable bonds is 9. The van der Waals surface area contributed by atoms with Crippen LogP contribution in [0.4, 0.5) is 0 Å². The molecule has 0 spiro atoms. The van der Waals surface area contributed by atoms with Crippen LogP contribution in [-0.2, 0) is 4.74 Å². The van der Waals surface area contributed by atoms with Gasteiger partial charge in [-0.3, -0.25) is 9.69 Å². The first-order valence-corrected chi connectivity index (χ1v) is 11.2. The van der Waals surface area contributed by atoms with Crippen molar-refractivity contribution in [2.75, 3.05) is 47.0 Å². The van der Waals surface area contributed by atoms with E-state index >= 15 is 0 Å². The van der Waals surface area contributed by atoms with E-state index in [2.05, 4.69) is 20.9 Å². The van der Waals surface area contributed by atoms with Gasteiger partial charge in [-0.25, -0.2) is 9.97 Å². The summed E-state index contributed by atoms with van der Waals surface area (Å²) in [5, 5.41) is 0. The molecule has 33 heavy (non-hydrogen) atoms. The number of unbranched alkanes of at least 4 members (excludes halogenated alkanes) is 1. The number of hydrogen-bond donors (Lipinski definition) is 0. The van der Waals surface area contributed by atoms with Gasteiger partial charge in [-0.15, -0.1) is 0 Å². The molecule has 0 aliphatic carbocycles. The molecule has 1 aromatic heterocycles. The Balaban J connectivity index is 1.35. The summed E-state index contributed by atoms with van der Waals surface area (Å²) in [6.45, 7) is 3.73. The number of carbonyl (C=O) groups excluding carboxylic acids is 1. The average molecular weight is 451 g/mol. The number of methoxy groups -OCH3 is 2. The van der Waals surface area contributed by atoms with Crippen LogP contribution in [0.25, 0.3) is 5.57 Å². The van der Waals surface area contributed by atoms with Crippen molar-refractivity contribution in [3.63, 3.8) is 0 Å². The summed E-state index contributed by atoms with van der Waals surface area (Å²) in [7, 11) is 3.20. The van der Waals surface area contributed by atoms with Crippen LogP contribution in [0.5, 0.6) is 11.5 Å². The number of benzene rings is 1. The van der Waals surface area contributed by atoms with Crippen LogP contribution in [0, 0.1) is 0 Å². The van der Waals surface area contributed by atoms with Crippen molar-refractivity contribution in [1.29, 1.82) is 0 Å². The van der Waals surface area contributed by atoms with Crippen LogP contribution in [-0.4, -0.2) is 72.7 Å². The summed E-state index contributed by atoms with van der Waals surface area (Å²) in [4.78, 5) is 26.2. The first kappa shape index (κ1) is 22.9. The lowest BCUT2D eigenvalue weighted by molar-refractivity contribution is 0.0771. The maximum absolute atomic E-state index is 13.3. The van der Waals surface area contributed by atoms with Gasteiger partial charge in [-0.2, -0.15) is 0 Å². The largest absolute Gasteiger partial charge is 0.497 e. The number of carbonyl (C=O) groups is 1.